The molecule has 2 rings (SSSR count). The summed E-state index contributed by atoms with van der Waals surface area (Å²) in [5.74, 6) is 0.763. The van der Waals surface area contributed by atoms with Crippen molar-refractivity contribution in [2.45, 2.75) is 45.6 Å². The zero-order valence-corrected chi connectivity index (χ0v) is 15.1. The number of halogens is 1. The van der Waals surface area contributed by atoms with Crippen LogP contribution in [0.3, 0.4) is 0 Å². The van der Waals surface area contributed by atoms with Crippen LogP contribution in [-0.2, 0) is 4.74 Å². The second-order valence-electron chi connectivity index (χ2n) is 7.29. The second-order valence-corrected chi connectivity index (χ2v) is 7.29. The minimum absolute atomic E-state index is 0. The molecular weight excluding hydrogens is 302 g/mol. The summed E-state index contributed by atoms with van der Waals surface area (Å²) in [5.41, 5.74) is -0.393. The minimum atomic E-state index is -0.393. The van der Waals surface area contributed by atoms with Gasteiger partial charge in [0.05, 0.1) is 0 Å². The van der Waals surface area contributed by atoms with Crippen molar-refractivity contribution in [3.05, 3.63) is 0 Å². The zero-order valence-electron chi connectivity index (χ0n) is 14.3. The van der Waals surface area contributed by atoms with Gasteiger partial charge in [0.25, 0.3) is 0 Å². The van der Waals surface area contributed by atoms with Gasteiger partial charge in [-0.2, -0.15) is 0 Å². The number of nitrogens with zero attached hydrogens (tertiary/aromatic N) is 2. The second kappa shape index (κ2) is 8.94. The number of likely N-dealkylation sites (tertiary alicyclic amines) is 1. The number of rotatable bonds is 3. The molecule has 0 bridgehead atoms. The molecule has 5 nitrogen and oxygen atoms in total. The number of ether oxygens (including phenoxy) is 1. The fourth-order valence-corrected chi connectivity index (χ4v) is 3.03. The van der Waals surface area contributed by atoms with Gasteiger partial charge >= 0.3 is 6.09 Å². The van der Waals surface area contributed by atoms with E-state index in [1.165, 1.54) is 26.1 Å². The molecule has 1 N–H and O–H groups in total. The van der Waals surface area contributed by atoms with E-state index in [9.17, 15) is 4.79 Å². The molecule has 2 heterocycles. The lowest BCUT2D eigenvalue weighted by atomic mass is 9.93. The Morgan fingerprint density at radius 1 is 1.14 bits per heavy atom. The van der Waals surface area contributed by atoms with Gasteiger partial charge in [0, 0.05) is 39.3 Å². The van der Waals surface area contributed by atoms with Crippen molar-refractivity contribution in [1.29, 1.82) is 0 Å². The van der Waals surface area contributed by atoms with E-state index < -0.39 is 5.60 Å². The van der Waals surface area contributed by atoms with Crippen molar-refractivity contribution >= 4 is 18.5 Å². The normalized spacial score (nSPS) is 21.3. The van der Waals surface area contributed by atoms with Crippen LogP contribution in [0.25, 0.3) is 0 Å². The summed E-state index contributed by atoms with van der Waals surface area (Å²) in [4.78, 5) is 16.4. The Bertz CT molecular complexity index is 333. The van der Waals surface area contributed by atoms with E-state index in [4.69, 9.17) is 4.74 Å². The highest BCUT2D eigenvalue weighted by atomic mass is 35.5. The molecule has 0 atom stereocenters. The van der Waals surface area contributed by atoms with E-state index in [0.29, 0.717) is 0 Å². The lowest BCUT2D eigenvalue weighted by Crippen LogP contribution is -2.45. The van der Waals surface area contributed by atoms with Gasteiger partial charge in [0.15, 0.2) is 0 Å². The predicted octanol–water partition coefficient (Wildman–Crippen LogP) is 2.35. The van der Waals surface area contributed by atoms with Crippen LogP contribution >= 0.6 is 12.4 Å². The van der Waals surface area contributed by atoms with Crippen molar-refractivity contribution in [2.75, 3.05) is 45.8 Å². The van der Waals surface area contributed by atoms with E-state index in [-0.39, 0.29) is 18.5 Å². The number of piperazine rings is 1. The first-order valence-electron chi connectivity index (χ1n) is 8.35. The molecule has 2 aliphatic rings. The lowest BCUT2D eigenvalue weighted by Gasteiger charge is -2.34. The zero-order chi connectivity index (χ0) is 15.3. The molecule has 0 aliphatic carbocycles. The number of hydrogen-bond acceptors (Lipinski definition) is 4. The standard InChI is InChI=1S/C16H31N3O2.ClH/c1-16(2,3)21-15(20)19-10-5-14(6-11-19)4-9-18-12-7-17-8-13-18;/h14,17H,4-13H2,1-3H3;1H. The number of nitrogens with one attached hydrogen (secondary N) is 1. The summed E-state index contributed by atoms with van der Waals surface area (Å²) in [5, 5.41) is 3.39. The Morgan fingerprint density at radius 3 is 2.27 bits per heavy atom. The van der Waals surface area contributed by atoms with E-state index in [2.05, 4.69) is 10.2 Å². The molecule has 0 radical (unpaired) electrons. The summed E-state index contributed by atoms with van der Waals surface area (Å²) >= 11 is 0. The predicted molar refractivity (Wildman–Crippen MR) is 91.7 cm³/mol. The first-order chi connectivity index (χ1) is 9.94. The molecule has 0 aromatic carbocycles. The number of carbonyl (C=O) groups excluding carboxylic acids is 1. The average molecular weight is 334 g/mol. The highest BCUT2D eigenvalue weighted by Gasteiger charge is 2.27. The summed E-state index contributed by atoms with van der Waals surface area (Å²) in [6.07, 6.45) is 3.35. The highest BCUT2D eigenvalue weighted by molar-refractivity contribution is 5.85. The van der Waals surface area contributed by atoms with Crippen LogP contribution in [0.15, 0.2) is 0 Å². The molecule has 0 spiro atoms. The van der Waals surface area contributed by atoms with Crippen molar-refractivity contribution in [2.24, 2.45) is 5.92 Å². The molecular formula is C16H32ClN3O2. The number of amides is 1. The molecule has 2 aliphatic heterocycles. The van der Waals surface area contributed by atoms with Crippen molar-refractivity contribution in [1.82, 2.24) is 15.1 Å². The SMILES string of the molecule is CC(C)(C)OC(=O)N1CCC(CCN2CCNCC2)CC1.Cl. The van der Waals surface area contributed by atoms with Crippen LogP contribution in [0, 0.1) is 5.92 Å². The largest absolute Gasteiger partial charge is 0.444 e. The third-order valence-electron chi connectivity index (χ3n) is 4.33. The Labute approximate surface area is 141 Å². The van der Waals surface area contributed by atoms with Crippen molar-refractivity contribution in [3.63, 3.8) is 0 Å². The molecule has 2 fully saturated rings. The molecule has 0 aromatic heterocycles. The average Bonchev–Trinajstić information content (AvgIpc) is 2.45. The van der Waals surface area contributed by atoms with Crippen LogP contribution in [0.2, 0.25) is 0 Å². The van der Waals surface area contributed by atoms with Gasteiger partial charge in [-0.3, -0.25) is 0 Å². The molecule has 0 unspecified atom stereocenters. The summed E-state index contributed by atoms with van der Waals surface area (Å²) in [6, 6.07) is 0. The molecule has 6 heteroatoms. The molecule has 22 heavy (non-hydrogen) atoms. The van der Waals surface area contributed by atoms with Crippen LogP contribution < -0.4 is 5.32 Å². The van der Waals surface area contributed by atoms with Crippen molar-refractivity contribution < 1.29 is 9.53 Å². The Kier molecular flexibility index (Phi) is 7.94. The Morgan fingerprint density at radius 2 is 1.73 bits per heavy atom. The van der Waals surface area contributed by atoms with E-state index in [0.717, 1.165) is 44.9 Å². The van der Waals surface area contributed by atoms with Crippen LogP contribution in [0.1, 0.15) is 40.0 Å². The number of carbonyl (C=O) groups is 1. The minimum Gasteiger partial charge on any atom is -0.444 e. The Hall–Kier alpha value is -0.520. The van der Waals surface area contributed by atoms with Crippen LogP contribution in [0.4, 0.5) is 4.79 Å². The Balaban J connectivity index is 0.00000242. The van der Waals surface area contributed by atoms with Crippen molar-refractivity contribution in [3.8, 4) is 0 Å². The monoisotopic (exact) mass is 333 g/mol. The third-order valence-corrected chi connectivity index (χ3v) is 4.33. The van der Waals surface area contributed by atoms with E-state index in [1.807, 2.05) is 25.7 Å². The van der Waals surface area contributed by atoms with E-state index in [1.54, 1.807) is 0 Å². The molecule has 130 valence electrons. The molecule has 0 saturated carbocycles. The van der Waals surface area contributed by atoms with E-state index >= 15 is 0 Å². The van der Waals surface area contributed by atoms with Gasteiger partial charge < -0.3 is 19.9 Å². The number of hydrogen-bond donors (Lipinski definition) is 1. The van der Waals surface area contributed by atoms with Crippen LogP contribution in [0.5, 0.6) is 0 Å². The molecule has 2 saturated heterocycles. The summed E-state index contributed by atoms with van der Waals surface area (Å²) in [7, 11) is 0. The van der Waals surface area contributed by atoms with Gasteiger partial charge in [-0.25, -0.2) is 4.79 Å². The topological polar surface area (TPSA) is 44.8 Å². The third kappa shape index (κ3) is 6.71. The van der Waals surface area contributed by atoms with Gasteiger partial charge in [-0.1, -0.05) is 0 Å². The number of piperidine rings is 1. The fourth-order valence-electron chi connectivity index (χ4n) is 3.03. The first kappa shape index (κ1) is 19.5. The van der Waals surface area contributed by atoms with Gasteiger partial charge in [0.2, 0.25) is 0 Å². The van der Waals surface area contributed by atoms with Gasteiger partial charge in [-0.15, -0.1) is 12.4 Å². The summed E-state index contributed by atoms with van der Waals surface area (Å²) < 4.78 is 5.44. The maximum Gasteiger partial charge on any atom is 0.410 e. The maximum atomic E-state index is 12.0. The maximum absolute atomic E-state index is 12.0. The summed E-state index contributed by atoms with van der Waals surface area (Å²) in [6.45, 7) is 13.3. The fraction of sp³-hybridized carbons (Fsp3) is 0.938. The molecule has 0 aromatic rings. The molecule has 1 amide bonds. The lowest BCUT2D eigenvalue weighted by molar-refractivity contribution is 0.0177. The smallest absolute Gasteiger partial charge is 0.410 e. The highest BCUT2D eigenvalue weighted by Crippen LogP contribution is 2.22. The van der Waals surface area contributed by atoms with Crippen LogP contribution in [-0.4, -0.2) is 67.3 Å². The van der Waals surface area contributed by atoms with Gasteiger partial charge in [-0.05, 0) is 52.5 Å². The quantitative estimate of drug-likeness (QED) is 0.861. The first-order valence-corrected chi connectivity index (χ1v) is 8.35. The van der Waals surface area contributed by atoms with Gasteiger partial charge in [0.1, 0.15) is 5.60 Å².